The van der Waals surface area contributed by atoms with Gasteiger partial charge in [-0.15, -0.1) is 24.0 Å². The van der Waals surface area contributed by atoms with Crippen LogP contribution in [0, 0.1) is 0 Å². The normalized spacial score (nSPS) is 10.7. The standard InChI is InChI=1S/C11H14F3N3O.HI/c12-11(13,14)7-18-6-9-3-1-8(2-4-9)5-17-10(15)16;/h1-4H,5-7H2,(H4,15,16,17);1H. The van der Waals surface area contributed by atoms with Gasteiger partial charge in [-0.05, 0) is 11.1 Å². The van der Waals surface area contributed by atoms with E-state index in [1.807, 2.05) is 0 Å². The molecule has 0 amide bonds. The molecule has 108 valence electrons. The summed E-state index contributed by atoms with van der Waals surface area (Å²) in [6.07, 6.45) is -4.30. The maximum atomic E-state index is 11.8. The first kappa shape index (κ1) is 18.0. The monoisotopic (exact) mass is 389 g/mol. The molecule has 8 heteroatoms. The largest absolute Gasteiger partial charge is 0.411 e. The van der Waals surface area contributed by atoms with Crippen molar-refractivity contribution in [3.63, 3.8) is 0 Å². The van der Waals surface area contributed by atoms with Crippen LogP contribution in [0.25, 0.3) is 0 Å². The number of ether oxygens (including phenoxy) is 1. The Labute approximate surface area is 126 Å². The van der Waals surface area contributed by atoms with Crippen molar-refractivity contribution in [2.24, 2.45) is 16.5 Å². The molecule has 0 aliphatic carbocycles. The van der Waals surface area contributed by atoms with E-state index < -0.39 is 12.8 Å². The van der Waals surface area contributed by atoms with Crippen LogP contribution in [0.3, 0.4) is 0 Å². The molecule has 0 fully saturated rings. The first-order chi connectivity index (χ1) is 8.37. The van der Waals surface area contributed by atoms with Crippen LogP contribution < -0.4 is 11.5 Å². The van der Waals surface area contributed by atoms with Crippen LogP contribution in [-0.4, -0.2) is 18.7 Å². The molecule has 0 atom stereocenters. The van der Waals surface area contributed by atoms with Crippen molar-refractivity contribution in [3.05, 3.63) is 35.4 Å². The van der Waals surface area contributed by atoms with E-state index in [2.05, 4.69) is 9.73 Å². The van der Waals surface area contributed by atoms with Crippen LogP contribution in [0.4, 0.5) is 13.2 Å². The molecule has 4 N–H and O–H groups in total. The molecule has 0 radical (unpaired) electrons. The Morgan fingerprint density at radius 2 is 1.63 bits per heavy atom. The Kier molecular flexibility index (Phi) is 7.76. The number of rotatable bonds is 5. The summed E-state index contributed by atoms with van der Waals surface area (Å²) in [6, 6.07) is 6.82. The molecule has 1 rings (SSSR count). The zero-order chi connectivity index (χ0) is 13.6. The van der Waals surface area contributed by atoms with Crippen LogP contribution in [0.5, 0.6) is 0 Å². The van der Waals surface area contributed by atoms with E-state index in [0.29, 0.717) is 12.1 Å². The average molecular weight is 389 g/mol. The van der Waals surface area contributed by atoms with Crippen molar-refractivity contribution in [1.29, 1.82) is 0 Å². The highest BCUT2D eigenvalue weighted by molar-refractivity contribution is 14.0. The Morgan fingerprint density at radius 3 is 2.11 bits per heavy atom. The predicted molar refractivity (Wildman–Crippen MR) is 77.1 cm³/mol. The molecule has 0 aromatic heterocycles. The van der Waals surface area contributed by atoms with Gasteiger partial charge in [0.2, 0.25) is 0 Å². The fourth-order valence-electron chi connectivity index (χ4n) is 1.21. The van der Waals surface area contributed by atoms with Crippen LogP contribution in [-0.2, 0) is 17.9 Å². The summed E-state index contributed by atoms with van der Waals surface area (Å²) in [6.45, 7) is -0.989. The molecule has 0 saturated heterocycles. The lowest BCUT2D eigenvalue weighted by atomic mass is 10.1. The second-order valence-corrected chi connectivity index (χ2v) is 3.67. The quantitative estimate of drug-likeness (QED) is 0.461. The van der Waals surface area contributed by atoms with E-state index in [1.165, 1.54) is 0 Å². The lowest BCUT2D eigenvalue weighted by Crippen LogP contribution is -2.22. The van der Waals surface area contributed by atoms with Gasteiger partial charge < -0.3 is 16.2 Å². The molecular weight excluding hydrogens is 374 g/mol. The highest BCUT2D eigenvalue weighted by atomic mass is 127. The van der Waals surface area contributed by atoms with E-state index >= 15 is 0 Å². The van der Waals surface area contributed by atoms with Gasteiger partial charge in [-0.1, -0.05) is 24.3 Å². The minimum absolute atomic E-state index is 0. The minimum atomic E-state index is -4.30. The van der Waals surface area contributed by atoms with Gasteiger partial charge >= 0.3 is 6.18 Å². The molecular formula is C11H15F3IN3O. The Morgan fingerprint density at radius 1 is 1.11 bits per heavy atom. The fourth-order valence-corrected chi connectivity index (χ4v) is 1.21. The molecule has 0 bridgehead atoms. The zero-order valence-corrected chi connectivity index (χ0v) is 12.3. The van der Waals surface area contributed by atoms with Gasteiger partial charge in [0.05, 0.1) is 13.2 Å². The second-order valence-electron chi connectivity index (χ2n) is 3.67. The van der Waals surface area contributed by atoms with Gasteiger partial charge in [0, 0.05) is 0 Å². The summed E-state index contributed by atoms with van der Waals surface area (Å²) in [5, 5.41) is 0. The van der Waals surface area contributed by atoms with Crippen molar-refractivity contribution in [1.82, 2.24) is 0 Å². The summed E-state index contributed by atoms with van der Waals surface area (Å²) >= 11 is 0. The summed E-state index contributed by atoms with van der Waals surface area (Å²) in [4.78, 5) is 3.81. The number of nitrogens with two attached hydrogens (primary N) is 2. The Hall–Kier alpha value is -1.03. The summed E-state index contributed by atoms with van der Waals surface area (Å²) in [7, 11) is 0. The fraction of sp³-hybridized carbons (Fsp3) is 0.364. The molecule has 0 aliphatic heterocycles. The third-order valence-corrected chi connectivity index (χ3v) is 2.00. The Balaban J connectivity index is 0.00000324. The zero-order valence-electron chi connectivity index (χ0n) is 9.98. The van der Waals surface area contributed by atoms with Crippen LogP contribution in [0.15, 0.2) is 29.3 Å². The topological polar surface area (TPSA) is 73.6 Å². The lowest BCUT2D eigenvalue weighted by molar-refractivity contribution is -0.176. The number of halogens is 4. The number of alkyl halides is 3. The maximum Gasteiger partial charge on any atom is 0.411 e. The molecule has 19 heavy (non-hydrogen) atoms. The molecule has 1 aromatic carbocycles. The van der Waals surface area contributed by atoms with Gasteiger partial charge in [0.25, 0.3) is 0 Å². The van der Waals surface area contributed by atoms with Gasteiger partial charge in [0.1, 0.15) is 6.61 Å². The molecule has 0 saturated carbocycles. The first-order valence-corrected chi connectivity index (χ1v) is 5.14. The molecule has 0 aliphatic rings. The van der Waals surface area contributed by atoms with Gasteiger partial charge in [0.15, 0.2) is 5.96 Å². The van der Waals surface area contributed by atoms with E-state index in [9.17, 15) is 13.2 Å². The van der Waals surface area contributed by atoms with E-state index in [4.69, 9.17) is 11.5 Å². The third-order valence-electron chi connectivity index (χ3n) is 2.00. The highest BCUT2D eigenvalue weighted by Crippen LogP contribution is 2.15. The van der Waals surface area contributed by atoms with Gasteiger partial charge in [-0.2, -0.15) is 13.2 Å². The van der Waals surface area contributed by atoms with Crippen LogP contribution >= 0.6 is 24.0 Å². The number of nitrogens with zero attached hydrogens (tertiary/aromatic N) is 1. The van der Waals surface area contributed by atoms with Gasteiger partial charge in [-0.25, -0.2) is 4.99 Å². The molecule has 0 unspecified atom stereocenters. The number of hydrogen-bond donors (Lipinski definition) is 2. The number of benzene rings is 1. The number of hydrogen-bond acceptors (Lipinski definition) is 2. The second kappa shape index (κ2) is 8.20. The SMILES string of the molecule is I.NC(N)=NCc1ccc(COCC(F)(F)F)cc1. The molecule has 1 aromatic rings. The van der Waals surface area contributed by atoms with Crippen molar-refractivity contribution in [3.8, 4) is 0 Å². The highest BCUT2D eigenvalue weighted by Gasteiger charge is 2.27. The number of guanidine groups is 1. The summed E-state index contributed by atoms with van der Waals surface area (Å²) < 4.78 is 40.0. The van der Waals surface area contributed by atoms with Crippen molar-refractivity contribution in [2.75, 3.05) is 6.61 Å². The lowest BCUT2D eigenvalue weighted by Gasteiger charge is -2.07. The number of aliphatic imine (C=N–C) groups is 1. The Bertz CT molecular complexity index is 403. The van der Waals surface area contributed by atoms with Gasteiger partial charge in [-0.3, -0.25) is 0 Å². The summed E-state index contributed by atoms with van der Waals surface area (Å²) in [5.41, 5.74) is 11.9. The molecule has 0 heterocycles. The van der Waals surface area contributed by atoms with Crippen molar-refractivity contribution >= 4 is 29.9 Å². The molecule has 0 spiro atoms. The molecule has 4 nitrogen and oxygen atoms in total. The third kappa shape index (κ3) is 8.65. The maximum absolute atomic E-state index is 11.8. The van der Waals surface area contributed by atoms with Crippen molar-refractivity contribution in [2.45, 2.75) is 19.3 Å². The van der Waals surface area contributed by atoms with E-state index in [-0.39, 0.29) is 36.5 Å². The summed E-state index contributed by atoms with van der Waals surface area (Å²) in [5.74, 6) is -0.00686. The predicted octanol–water partition coefficient (Wildman–Crippen LogP) is 2.16. The van der Waals surface area contributed by atoms with E-state index in [1.54, 1.807) is 24.3 Å². The van der Waals surface area contributed by atoms with Crippen LogP contribution in [0.2, 0.25) is 0 Å². The van der Waals surface area contributed by atoms with E-state index in [0.717, 1.165) is 5.56 Å². The average Bonchev–Trinajstić information content (AvgIpc) is 2.26. The van der Waals surface area contributed by atoms with Crippen molar-refractivity contribution < 1.29 is 17.9 Å². The first-order valence-electron chi connectivity index (χ1n) is 5.14. The minimum Gasteiger partial charge on any atom is -0.370 e. The van der Waals surface area contributed by atoms with Crippen LogP contribution in [0.1, 0.15) is 11.1 Å². The smallest absolute Gasteiger partial charge is 0.370 e.